The van der Waals surface area contributed by atoms with Crippen LogP contribution in [0, 0.1) is 6.92 Å². The number of hydrogen-bond acceptors (Lipinski definition) is 5. The summed E-state index contributed by atoms with van der Waals surface area (Å²) < 4.78 is 5.69. The minimum Gasteiger partial charge on any atom is -0.483 e. The van der Waals surface area contributed by atoms with Crippen LogP contribution in [0.5, 0.6) is 5.75 Å². The van der Waals surface area contributed by atoms with Gasteiger partial charge in [0.05, 0.1) is 6.61 Å². The van der Waals surface area contributed by atoms with Crippen LogP contribution in [-0.2, 0) is 11.3 Å². The summed E-state index contributed by atoms with van der Waals surface area (Å²) in [6.45, 7) is 4.91. The van der Waals surface area contributed by atoms with Crippen molar-refractivity contribution in [3.8, 4) is 5.75 Å². The number of rotatable bonds is 11. The molecule has 0 saturated carbocycles. The van der Waals surface area contributed by atoms with Crippen molar-refractivity contribution >= 4 is 11.6 Å². The average molecular weight is 357 g/mol. The molecule has 4 N–H and O–H groups in total. The van der Waals surface area contributed by atoms with Gasteiger partial charge < -0.3 is 25.8 Å². The predicted octanol–water partition coefficient (Wildman–Crippen LogP) is 1.68. The monoisotopic (exact) mass is 357 g/mol. The van der Waals surface area contributed by atoms with Gasteiger partial charge in [0.2, 0.25) is 0 Å². The highest BCUT2D eigenvalue weighted by Gasteiger charge is 2.07. The van der Waals surface area contributed by atoms with E-state index in [1.165, 1.54) is 0 Å². The molecule has 0 atom stereocenters. The first kappa shape index (κ1) is 19.9. The van der Waals surface area contributed by atoms with Gasteiger partial charge in [-0.25, -0.2) is 0 Å². The summed E-state index contributed by atoms with van der Waals surface area (Å²) in [5.41, 5.74) is 2.90. The number of nitrogens with one attached hydrogen (secondary N) is 3. The number of ether oxygens (including phenoxy) is 1. The number of para-hydroxylation sites is 1. The lowest BCUT2D eigenvalue weighted by Crippen LogP contribution is -2.29. The van der Waals surface area contributed by atoms with Crippen LogP contribution in [-0.4, -0.2) is 43.9 Å². The summed E-state index contributed by atoms with van der Waals surface area (Å²) >= 11 is 0. The van der Waals surface area contributed by atoms with E-state index in [0.29, 0.717) is 18.8 Å². The molecule has 140 valence electrons. The molecule has 0 radical (unpaired) electrons. The summed E-state index contributed by atoms with van der Waals surface area (Å²) in [5.74, 6) is 0.507. The number of aliphatic hydroxyl groups excluding tert-OH is 1. The van der Waals surface area contributed by atoms with Crippen molar-refractivity contribution in [2.24, 2.45) is 0 Å². The molecule has 6 heteroatoms. The van der Waals surface area contributed by atoms with Crippen molar-refractivity contribution in [1.29, 1.82) is 0 Å². The number of aryl methyl sites for hydroxylation is 1. The zero-order chi connectivity index (χ0) is 18.6. The lowest BCUT2D eigenvalue weighted by molar-refractivity contribution is -0.118. The van der Waals surface area contributed by atoms with Crippen LogP contribution < -0.4 is 20.7 Å². The first-order chi connectivity index (χ1) is 12.7. The van der Waals surface area contributed by atoms with Crippen molar-refractivity contribution in [2.45, 2.75) is 13.5 Å². The fourth-order valence-corrected chi connectivity index (χ4v) is 2.37. The molecule has 0 fully saturated rings. The summed E-state index contributed by atoms with van der Waals surface area (Å²) in [7, 11) is 0. The largest absolute Gasteiger partial charge is 0.483 e. The Kier molecular flexibility index (Phi) is 8.62. The van der Waals surface area contributed by atoms with E-state index >= 15 is 0 Å². The van der Waals surface area contributed by atoms with Gasteiger partial charge in [-0.15, -0.1) is 0 Å². The van der Waals surface area contributed by atoms with Crippen molar-refractivity contribution in [3.05, 3.63) is 59.7 Å². The van der Waals surface area contributed by atoms with Gasteiger partial charge in [0.15, 0.2) is 6.61 Å². The Balaban J connectivity index is 1.77. The molecule has 2 aromatic carbocycles. The molecule has 0 saturated heterocycles. The molecule has 0 aliphatic carbocycles. The Hall–Kier alpha value is -2.41. The van der Waals surface area contributed by atoms with Gasteiger partial charge >= 0.3 is 0 Å². The quantitative estimate of drug-likeness (QED) is 0.460. The standard InChI is InChI=1S/C20H27N3O3/c1-16-6-8-18(9-7-16)23-20(25)15-26-19-5-3-2-4-17(19)14-22-11-10-21-12-13-24/h2-9,21-22,24H,10-15H2,1H3,(H,23,25). The fourth-order valence-electron chi connectivity index (χ4n) is 2.37. The first-order valence-electron chi connectivity index (χ1n) is 8.78. The minimum absolute atomic E-state index is 0.0387. The molecule has 0 aliphatic rings. The summed E-state index contributed by atoms with van der Waals surface area (Å²) in [6.07, 6.45) is 0. The fraction of sp³-hybridized carbons (Fsp3) is 0.350. The highest BCUT2D eigenvalue weighted by atomic mass is 16.5. The lowest BCUT2D eigenvalue weighted by Gasteiger charge is -2.12. The highest BCUT2D eigenvalue weighted by molar-refractivity contribution is 5.91. The van der Waals surface area contributed by atoms with Gasteiger partial charge in [-0.3, -0.25) is 4.79 Å². The molecule has 0 aliphatic heterocycles. The second-order valence-electron chi connectivity index (χ2n) is 5.96. The first-order valence-corrected chi connectivity index (χ1v) is 8.78. The van der Waals surface area contributed by atoms with Crippen LogP contribution in [0.4, 0.5) is 5.69 Å². The number of aliphatic hydroxyl groups is 1. The average Bonchev–Trinajstić information content (AvgIpc) is 2.65. The number of anilines is 1. The van der Waals surface area contributed by atoms with Crippen LogP contribution >= 0.6 is 0 Å². The number of hydrogen-bond donors (Lipinski definition) is 4. The van der Waals surface area contributed by atoms with Crippen molar-refractivity contribution in [3.63, 3.8) is 0 Å². The molecular formula is C20H27N3O3. The predicted molar refractivity (Wildman–Crippen MR) is 103 cm³/mol. The maximum Gasteiger partial charge on any atom is 0.262 e. The van der Waals surface area contributed by atoms with E-state index in [2.05, 4.69) is 16.0 Å². The zero-order valence-electron chi connectivity index (χ0n) is 15.1. The number of benzene rings is 2. The Labute approximate surface area is 154 Å². The summed E-state index contributed by atoms with van der Waals surface area (Å²) in [6, 6.07) is 15.3. The molecule has 0 spiro atoms. The van der Waals surface area contributed by atoms with E-state index in [-0.39, 0.29) is 19.1 Å². The topological polar surface area (TPSA) is 82.6 Å². The second kappa shape index (κ2) is 11.3. The van der Waals surface area contributed by atoms with Crippen LogP contribution in [0.15, 0.2) is 48.5 Å². The third-order valence-corrected chi connectivity index (χ3v) is 3.75. The number of carbonyl (C=O) groups excluding carboxylic acids is 1. The SMILES string of the molecule is Cc1ccc(NC(=O)COc2ccccc2CNCCNCCO)cc1. The van der Waals surface area contributed by atoms with Crippen LogP contribution in [0.2, 0.25) is 0 Å². The summed E-state index contributed by atoms with van der Waals surface area (Å²) in [4.78, 5) is 12.1. The van der Waals surface area contributed by atoms with Gasteiger partial charge in [0.1, 0.15) is 5.75 Å². The van der Waals surface area contributed by atoms with E-state index in [1.807, 2.05) is 55.5 Å². The van der Waals surface area contributed by atoms with E-state index in [0.717, 1.165) is 29.9 Å². The molecular weight excluding hydrogens is 330 g/mol. The third kappa shape index (κ3) is 7.23. The highest BCUT2D eigenvalue weighted by Crippen LogP contribution is 2.17. The molecule has 0 aromatic heterocycles. The maximum atomic E-state index is 12.1. The molecule has 1 amide bonds. The zero-order valence-corrected chi connectivity index (χ0v) is 15.1. The van der Waals surface area contributed by atoms with Crippen LogP contribution in [0.25, 0.3) is 0 Å². The lowest BCUT2D eigenvalue weighted by atomic mass is 10.2. The molecule has 6 nitrogen and oxygen atoms in total. The second-order valence-corrected chi connectivity index (χ2v) is 5.96. The molecule has 0 unspecified atom stereocenters. The molecule has 0 bridgehead atoms. The van der Waals surface area contributed by atoms with E-state index in [1.54, 1.807) is 0 Å². The minimum atomic E-state index is -0.190. The van der Waals surface area contributed by atoms with E-state index < -0.39 is 0 Å². The normalized spacial score (nSPS) is 10.5. The Morgan fingerprint density at radius 3 is 2.50 bits per heavy atom. The van der Waals surface area contributed by atoms with Gasteiger partial charge in [-0.2, -0.15) is 0 Å². The van der Waals surface area contributed by atoms with Crippen molar-refractivity contribution < 1.29 is 14.6 Å². The maximum absolute atomic E-state index is 12.1. The van der Waals surface area contributed by atoms with Crippen LogP contribution in [0.3, 0.4) is 0 Å². The molecule has 26 heavy (non-hydrogen) atoms. The molecule has 2 rings (SSSR count). The Bertz CT molecular complexity index is 674. The molecule has 2 aromatic rings. The van der Waals surface area contributed by atoms with Gasteiger partial charge in [0.25, 0.3) is 5.91 Å². The van der Waals surface area contributed by atoms with Gasteiger partial charge in [-0.05, 0) is 25.1 Å². The van der Waals surface area contributed by atoms with Crippen molar-refractivity contribution in [1.82, 2.24) is 10.6 Å². The number of carbonyl (C=O) groups is 1. The van der Waals surface area contributed by atoms with E-state index in [4.69, 9.17) is 9.84 Å². The third-order valence-electron chi connectivity index (χ3n) is 3.75. The van der Waals surface area contributed by atoms with Gasteiger partial charge in [0, 0.05) is 37.4 Å². The Morgan fingerprint density at radius 1 is 1.00 bits per heavy atom. The van der Waals surface area contributed by atoms with Crippen molar-refractivity contribution in [2.75, 3.05) is 38.2 Å². The Morgan fingerprint density at radius 2 is 1.73 bits per heavy atom. The van der Waals surface area contributed by atoms with E-state index in [9.17, 15) is 4.79 Å². The van der Waals surface area contributed by atoms with Gasteiger partial charge in [-0.1, -0.05) is 35.9 Å². The molecule has 0 heterocycles. The summed E-state index contributed by atoms with van der Waals surface area (Å²) in [5, 5.41) is 18.0. The number of amides is 1. The smallest absolute Gasteiger partial charge is 0.262 e. The van der Waals surface area contributed by atoms with Crippen LogP contribution in [0.1, 0.15) is 11.1 Å².